The second-order valence-corrected chi connectivity index (χ2v) is 7.53. The van der Waals surface area contributed by atoms with E-state index in [1.807, 2.05) is 30.3 Å². The first-order valence-electron chi connectivity index (χ1n) is 8.37. The van der Waals surface area contributed by atoms with E-state index in [0.29, 0.717) is 6.04 Å². The molecule has 4 nitrogen and oxygen atoms in total. The number of nitrogens with one attached hydrogen (secondary N) is 2. The molecule has 1 aromatic heterocycles. The molecule has 6 heteroatoms. The van der Waals surface area contributed by atoms with E-state index in [-0.39, 0.29) is 24.4 Å². The first-order chi connectivity index (χ1) is 11.6. The minimum Gasteiger partial charge on any atom is -0.497 e. The van der Waals surface area contributed by atoms with Crippen molar-refractivity contribution in [1.82, 2.24) is 10.6 Å². The minimum absolute atomic E-state index is 0. The van der Waals surface area contributed by atoms with Crippen LogP contribution in [0.15, 0.2) is 30.3 Å². The molecule has 0 spiro atoms. The van der Waals surface area contributed by atoms with Crippen LogP contribution in [0.5, 0.6) is 5.75 Å². The standard InChI is InChI=1S/C19H24N2O2S.ClH/c1-12-17(5-4-10-20-12)21-19(22)18-11-16(13(2)24-18)14-6-8-15(23-3)9-7-14;/h6-9,11-12,17,20H,4-5,10H2,1-3H3,(H,21,22);1H. The summed E-state index contributed by atoms with van der Waals surface area (Å²) in [6.45, 7) is 5.23. The molecule has 136 valence electrons. The Morgan fingerprint density at radius 1 is 1.32 bits per heavy atom. The third kappa shape index (κ3) is 4.54. The first-order valence-corrected chi connectivity index (χ1v) is 9.19. The highest BCUT2D eigenvalue weighted by molar-refractivity contribution is 7.14. The molecular weight excluding hydrogens is 356 g/mol. The molecule has 2 atom stereocenters. The van der Waals surface area contributed by atoms with Gasteiger partial charge in [-0.1, -0.05) is 12.1 Å². The van der Waals surface area contributed by atoms with E-state index in [4.69, 9.17) is 4.74 Å². The van der Waals surface area contributed by atoms with Gasteiger partial charge in [-0.05, 0) is 62.6 Å². The average Bonchev–Trinajstić information content (AvgIpc) is 2.99. The highest BCUT2D eigenvalue weighted by Gasteiger charge is 2.24. The molecule has 0 aliphatic carbocycles. The van der Waals surface area contributed by atoms with Crippen LogP contribution in [0, 0.1) is 6.92 Å². The molecule has 1 aromatic carbocycles. The highest BCUT2D eigenvalue weighted by atomic mass is 35.5. The summed E-state index contributed by atoms with van der Waals surface area (Å²) in [4.78, 5) is 14.5. The van der Waals surface area contributed by atoms with Gasteiger partial charge in [-0.2, -0.15) is 0 Å². The van der Waals surface area contributed by atoms with E-state index in [9.17, 15) is 4.79 Å². The molecule has 0 bridgehead atoms. The quantitative estimate of drug-likeness (QED) is 0.842. The third-order valence-corrected chi connectivity index (χ3v) is 5.67. The molecule has 0 saturated carbocycles. The van der Waals surface area contributed by atoms with Crippen LogP contribution < -0.4 is 15.4 Å². The summed E-state index contributed by atoms with van der Waals surface area (Å²) in [5.74, 6) is 0.867. The molecule has 3 rings (SSSR count). The molecule has 1 amide bonds. The lowest BCUT2D eigenvalue weighted by Gasteiger charge is -2.30. The number of carbonyl (C=O) groups is 1. The Labute approximate surface area is 159 Å². The summed E-state index contributed by atoms with van der Waals surface area (Å²) < 4.78 is 5.21. The second kappa shape index (κ2) is 8.70. The van der Waals surface area contributed by atoms with Gasteiger partial charge in [-0.15, -0.1) is 23.7 Å². The molecule has 1 aliphatic heterocycles. The highest BCUT2D eigenvalue weighted by Crippen LogP contribution is 2.32. The smallest absolute Gasteiger partial charge is 0.261 e. The van der Waals surface area contributed by atoms with E-state index < -0.39 is 0 Å². The fraction of sp³-hybridized carbons (Fsp3) is 0.421. The van der Waals surface area contributed by atoms with E-state index in [0.717, 1.165) is 46.0 Å². The molecule has 25 heavy (non-hydrogen) atoms. The first kappa shape index (κ1) is 19.8. The van der Waals surface area contributed by atoms with Gasteiger partial charge in [-0.25, -0.2) is 0 Å². The SMILES string of the molecule is COc1ccc(-c2cc(C(=O)NC3CCCNC3C)sc2C)cc1.Cl. The summed E-state index contributed by atoms with van der Waals surface area (Å²) in [6.07, 6.45) is 2.14. The second-order valence-electron chi connectivity index (χ2n) is 6.27. The normalized spacial score (nSPS) is 19.8. The number of piperidine rings is 1. The Morgan fingerprint density at radius 3 is 2.68 bits per heavy atom. The summed E-state index contributed by atoms with van der Waals surface area (Å²) in [5.41, 5.74) is 2.22. The van der Waals surface area contributed by atoms with Crippen LogP contribution in [0.25, 0.3) is 11.1 Å². The number of rotatable bonds is 4. The van der Waals surface area contributed by atoms with Crippen LogP contribution in [0.2, 0.25) is 0 Å². The summed E-state index contributed by atoms with van der Waals surface area (Å²) in [6, 6.07) is 10.5. The van der Waals surface area contributed by atoms with Gasteiger partial charge in [0.05, 0.1) is 12.0 Å². The Bertz CT molecular complexity index is 715. The number of carbonyl (C=O) groups excluding carboxylic acids is 1. The number of hydrogen-bond donors (Lipinski definition) is 2. The van der Waals surface area contributed by atoms with Gasteiger partial charge in [0.1, 0.15) is 5.75 Å². The Morgan fingerprint density at radius 2 is 2.04 bits per heavy atom. The van der Waals surface area contributed by atoms with Gasteiger partial charge >= 0.3 is 0 Å². The summed E-state index contributed by atoms with van der Waals surface area (Å²) >= 11 is 1.55. The van der Waals surface area contributed by atoms with E-state index >= 15 is 0 Å². The summed E-state index contributed by atoms with van der Waals surface area (Å²) in [7, 11) is 1.66. The number of ether oxygens (including phenoxy) is 1. The Kier molecular flexibility index (Phi) is 6.87. The third-order valence-electron chi connectivity index (χ3n) is 4.62. The molecule has 1 saturated heterocycles. The van der Waals surface area contributed by atoms with Crippen LogP contribution in [-0.2, 0) is 0 Å². The van der Waals surface area contributed by atoms with Gasteiger partial charge in [0.2, 0.25) is 0 Å². The van der Waals surface area contributed by atoms with Crippen molar-refractivity contribution in [3.05, 3.63) is 40.1 Å². The van der Waals surface area contributed by atoms with E-state index in [2.05, 4.69) is 24.5 Å². The lowest BCUT2D eigenvalue weighted by atomic mass is 10.00. The van der Waals surface area contributed by atoms with Crippen molar-refractivity contribution >= 4 is 29.7 Å². The number of thiophene rings is 1. The van der Waals surface area contributed by atoms with Crippen LogP contribution >= 0.6 is 23.7 Å². The van der Waals surface area contributed by atoms with Crippen LogP contribution in [0.1, 0.15) is 34.3 Å². The number of hydrogen-bond acceptors (Lipinski definition) is 4. The Hall–Kier alpha value is -1.56. The minimum atomic E-state index is 0. The maximum atomic E-state index is 12.6. The largest absolute Gasteiger partial charge is 0.497 e. The van der Waals surface area contributed by atoms with Crippen LogP contribution in [0.3, 0.4) is 0 Å². The van der Waals surface area contributed by atoms with E-state index in [1.165, 1.54) is 0 Å². The molecule has 2 N–H and O–H groups in total. The fourth-order valence-electron chi connectivity index (χ4n) is 3.13. The molecule has 1 fully saturated rings. The number of halogens is 1. The molecular formula is C19H25ClN2O2S. The van der Waals surface area contributed by atoms with Crippen molar-refractivity contribution in [1.29, 1.82) is 0 Å². The van der Waals surface area contributed by atoms with Gasteiger partial charge in [-0.3, -0.25) is 4.79 Å². The molecule has 2 aromatic rings. The van der Waals surface area contributed by atoms with Crippen LogP contribution in [0.4, 0.5) is 0 Å². The molecule has 2 unspecified atom stereocenters. The van der Waals surface area contributed by atoms with Gasteiger partial charge < -0.3 is 15.4 Å². The lowest BCUT2D eigenvalue weighted by Crippen LogP contribution is -2.51. The number of methoxy groups -OCH3 is 1. The predicted octanol–water partition coefficient (Wildman–Crippen LogP) is 4.02. The number of benzene rings is 1. The maximum absolute atomic E-state index is 12.6. The predicted molar refractivity (Wildman–Crippen MR) is 106 cm³/mol. The van der Waals surface area contributed by atoms with Gasteiger partial charge in [0.15, 0.2) is 0 Å². The topological polar surface area (TPSA) is 50.4 Å². The van der Waals surface area contributed by atoms with Crippen molar-refractivity contribution < 1.29 is 9.53 Å². The Balaban J connectivity index is 0.00000225. The summed E-state index contributed by atoms with van der Waals surface area (Å²) in [5, 5.41) is 6.60. The fourth-order valence-corrected chi connectivity index (χ4v) is 4.08. The van der Waals surface area contributed by atoms with Crippen LogP contribution in [-0.4, -0.2) is 31.6 Å². The zero-order valence-corrected chi connectivity index (χ0v) is 16.4. The zero-order valence-electron chi connectivity index (χ0n) is 14.8. The number of amides is 1. The van der Waals surface area contributed by atoms with Crippen molar-refractivity contribution in [2.24, 2.45) is 0 Å². The average molecular weight is 381 g/mol. The maximum Gasteiger partial charge on any atom is 0.261 e. The van der Waals surface area contributed by atoms with Crippen molar-refractivity contribution in [3.63, 3.8) is 0 Å². The van der Waals surface area contributed by atoms with Crippen molar-refractivity contribution in [2.45, 2.75) is 38.8 Å². The van der Waals surface area contributed by atoms with Crippen molar-refractivity contribution in [2.75, 3.05) is 13.7 Å². The molecule has 2 heterocycles. The van der Waals surface area contributed by atoms with E-state index in [1.54, 1.807) is 18.4 Å². The lowest BCUT2D eigenvalue weighted by molar-refractivity contribution is 0.0924. The monoisotopic (exact) mass is 380 g/mol. The number of aryl methyl sites for hydroxylation is 1. The zero-order chi connectivity index (χ0) is 17.1. The van der Waals surface area contributed by atoms with Gasteiger partial charge in [0.25, 0.3) is 5.91 Å². The van der Waals surface area contributed by atoms with Crippen molar-refractivity contribution in [3.8, 4) is 16.9 Å². The molecule has 1 aliphatic rings. The molecule has 0 radical (unpaired) electrons. The van der Waals surface area contributed by atoms with Gasteiger partial charge in [0, 0.05) is 17.0 Å².